The molecule has 3 aromatic rings. The first-order chi connectivity index (χ1) is 16.7. The van der Waals surface area contributed by atoms with E-state index in [1.807, 2.05) is 13.8 Å². The number of hydrogen-bond donors (Lipinski definition) is 0. The van der Waals surface area contributed by atoms with E-state index < -0.39 is 34.4 Å². The molecule has 1 saturated heterocycles. The van der Waals surface area contributed by atoms with Gasteiger partial charge in [0.25, 0.3) is 11.5 Å². The largest absolute Gasteiger partial charge is 0.451 e. The predicted molar refractivity (Wildman–Crippen MR) is 131 cm³/mol. The van der Waals surface area contributed by atoms with E-state index in [-0.39, 0.29) is 28.8 Å². The Bertz CT molecular complexity index is 1420. The third-order valence-corrected chi connectivity index (χ3v) is 8.03. The lowest BCUT2D eigenvalue weighted by atomic mass is 10.1. The van der Waals surface area contributed by atoms with Gasteiger partial charge in [-0.25, -0.2) is 13.2 Å². The summed E-state index contributed by atoms with van der Waals surface area (Å²) in [7, 11) is -3.19. The minimum Gasteiger partial charge on any atom is -0.451 e. The van der Waals surface area contributed by atoms with Crippen molar-refractivity contribution in [1.82, 2.24) is 14.7 Å². The zero-order chi connectivity index (χ0) is 25.2. The van der Waals surface area contributed by atoms with Gasteiger partial charge in [-0.3, -0.25) is 9.59 Å². The molecule has 1 aromatic heterocycles. The summed E-state index contributed by atoms with van der Waals surface area (Å²) in [6, 6.07) is 14.6. The molecule has 0 unspecified atom stereocenters. The summed E-state index contributed by atoms with van der Waals surface area (Å²) in [5.74, 6) is -1.36. The van der Waals surface area contributed by atoms with Crippen molar-refractivity contribution in [1.29, 1.82) is 0 Å². The maximum Gasteiger partial charge on any atom is 0.359 e. The van der Waals surface area contributed by atoms with Crippen LogP contribution >= 0.6 is 0 Å². The van der Waals surface area contributed by atoms with Gasteiger partial charge in [-0.15, -0.1) is 0 Å². The molecule has 0 N–H and O–H groups in total. The molecular weight excluding hydrogens is 470 g/mol. The summed E-state index contributed by atoms with van der Waals surface area (Å²) >= 11 is 0. The summed E-state index contributed by atoms with van der Waals surface area (Å²) in [4.78, 5) is 40.7. The number of carbonyl (C=O) groups excluding carboxylic acids is 2. The van der Waals surface area contributed by atoms with Crippen LogP contribution in [0.15, 0.2) is 59.4 Å². The lowest BCUT2D eigenvalue weighted by Gasteiger charge is -2.33. The van der Waals surface area contributed by atoms with E-state index in [9.17, 15) is 22.8 Å². The molecule has 2 atom stereocenters. The highest BCUT2D eigenvalue weighted by Gasteiger charge is 2.37. The first kappa shape index (κ1) is 24.6. The van der Waals surface area contributed by atoms with E-state index in [0.717, 1.165) is 4.68 Å². The number of carbonyl (C=O) groups is 2. The van der Waals surface area contributed by atoms with Crippen LogP contribution in [0.4, 0.5) is 0 Å². The number of sulfone groups is 1. The van der Waals surface area contributed by atoms with Crippen molar-refractivity contribution in [2.45, 2.75) is 38.8 Å². The number of ether oxygens (including phenoxy) is 1. The van der Waals surface area contributed by atoms with Gasteiger partial charge in [0.05, 0.1) is 22.6 Å². The van der Waals surface area contributed by atoms with Gasteiger partial charge in [0, 0.05) is 17.5 Å². The highest BCUT2D eigenvalue weighted by Crippen LogP contribution is 2.22. The lowest BCUT2D eigenvalue weighted by molar-refractivity contribution is -0.138. The molecule has 4 rings (SSSR count). The Morgan fingerprint density at radius 1 is 1.11 bits per heavy atom. The average Bonchev–Trinajstić information content (AvgIpc) is 3.22. The second kappa shape index (κ2) is 9.99. The normalized spacial score (nSPS) is 17.7. The summed E-state index contributed by atoms with van der Waals surface area (Å²) in [6.07, 6.45) is 0.991. The van der Waals surface area contributed by atoms with Gasteiger partial charge in [0.15, 0.2) is 22.1 Å². The molecule has 184 valence electrons. The second-order valence-electron chi connectivity index (χ2n) is 8.64. The molecule has 2 heterocycles. The number of hydrogen-bond acceptors (Lipinski definition) is 7. The van der Waals surface area contributed by atoms with E-state index in [1.165, 1.54) is 4.90 Å². The summed E-state index contributed by atoms with van der Waals surface area (Å²) in [5.41, 5.74) is 0.0129. The summed E-state index contributed by atoms with van der Waals surface area (Å²) in [6.45, 7) is 3.19. The van der Waals surface area contributed by atoms with Crippen LogP contribution in [0.3, 0.4) is 0 Å². The minimum atomic E-state index is -3.19. The third kappa shape index (κ3) is 5.12. The second-order valence-corrected chi connectivity index (χ2v) is 10.9. The van der Waals surface area contributed by atoms with E-state index in [1.54, 1.807) is 54.6 Å². The van der Waals surface area contributed by atoms with Crippen molar-refractivity contribution in [3.8, 4) is 5.69 Å². The lowest BCUT2D eigenvalue weighted by Crippen LogP contribution is -2.48. The molecule has 1 fully saturated rings. The van der Waals surface area contributed by atoms with Gasteiger partial charge in [0.1, 0.15) is 0 Å². The number of aromatic nitrogens is 2. The molecule has 1 aliphatic heterocycles. The number of amides is 1. The van der Waals surface area contributed by atoms with E-state index in [4.69, 9.17) is 4.74 Å². The Morgan fingerprint density at radius 2 is 1.77 bits per heavy atom. The number of para-hydroxylation sites is 1. The number of esters is 1. The highest BCUT2D eigenvalue weighted by atomic mass is 32.2. The van der Waals surface area contributed by atoms with Crippen LogP contribution < -0.4 is 5.56 Å². The maximum absolute atomic E-state index is 13.1. The van der Waals surface area contributed by atoms with Crippen LogP contribution in [-0.2, 0) is 19.4 Å². The van der Waals surface area contributed by atoms with Crippen molar-refractivity contribution in [3.05, 3.63) is 70.6 Å². The zero-order valence-corrected chi connectivity index (χ0v) is 20.4. The van der Waals surface area contributed by atoms with Crippen LogP contribution in [0.5, 0.6) is 0 Å². The molecule has 9 nitrogen and oxygen atoms in total. The van der Waals surface area contributed by atoms with Crippen LogP contribution in [0.25, 0.3) is 16.5 Å². The minimum absolute atomic E-state index is 0.0363. The Hall–Kier alpha value is -3.53. The Kier molecular flexibility index (Phi) is 7.02. The number of rotatable bonds is 7. The molecule has 0 saturated carbocycles. The Morgan fingerprint density at radius 3 is 2.40 bits per heavy atom. The SMILES string of the molecule is CC[C@@H](C)N(C(=O)COC(=O)c1nn(-c2ccccc2)c(=O)c2ccccc12)[C@H]1CCS(=O)(=O)C1. The number of fused-ring (bicyclic) bond motifs is 1. The monoisotopic (exact) mass is 497 g/mol. The van der Waals surface area contributed by atoms with Crippen molar-refractivity contribution in [2.24, 2.45) is 0 Å². The zero-order valence-electron chi connectivity index (χ0n) is 19.6. The summed E-state index contributed by atoms with van der Waals surface area (Å²) < 4.78 is 30.4. The Balaban J connectivity index is 1.62. The van der Waals surface area contributed by atoms with Gasteiger partial charge in [0.2, 0.25) is 0 Å². The van der Waals surface area contributed by atoms with E-state index in [2.05, 4.69) is 5.10 Å². The maximum atomic E-state index is 13.1. The molecule has 0 bridgehead atoms. The fourth-order valence-corrected chi connectivity index (χ4v) is 6.07. The van der Waals surface area contributed by atoms with Gasteiger partial charge in [-0.1, -0.05) is 43.3 Å². The van der Waals surface area contributed by atoms with Gasteiger partial charge < -0.3 is 9.64 Å². The molecule has 0 aliphatic carbocycles. The molecule has 10 heteroatoms. The molecule has 2 aromatic carbocycles. The average molecular weight is 498 g/mol. The van der Waals surface area contributed by atoms with E-state index >= 15 is 0 Å². The van der Waals surface area contributed by atoms with Gasteiger partial charge in [-0.05, 0) is 38.0 Å². The number of nitrogens with zero attached hydrogens (tertiary/aromatic N) is 3. The molecule has 1 amide bonds. The molecule has 0 spiro atoms. The van der Waals surface area contributed by atoms with E-state index in [0.29, 0.717) is 29.3 Å². The van der Waals surface area contributed by atoms with Crippen molar-refractivity contribution >= 4 is 32.5 Å². The smallest absolute Gasteiger partial charge is 0.359 e. The standard InChI is InChI=1S/C25H27N3O6S/c1-3-17(2)27(19-13-14-35(32,33)16-19)22(29)15-34-25(31)23-20-11-7-8-12-21(20)24(30)28(26-23)18-9-5-4-6-10-18/h4-12,17,19H,3,13-16H2,1-2H3/t17-,19+/m1/s1. The molecule has 1 aliphatic rings. The van der Waals surface area contributed by atoms with Crippen molar-refractivity contribution in [3.63, 3.8) is 0 Å². The number of benzene rings is 2. The first-order valence-electron chi connectivity index (χ1n) is 11.5. The molecule has 0 radical (unpaired) electrons. The van der Waals surface area contributed by atoms with Crippen molar-refractivity contribution in [2.75, 3.05) is 18.1 Å². The van der Waals surface area contributed by atoms with Gasteiger partial charge in [-0.2, -0.15) is 9.78 Å². The first-order valence-corrected chi connectivity index (χ1v) is 13.3. The van der Waals surface area contributed by atoms with Crippen LogP contribution in [-0.4, -0.2) is 65.2 Å². The Labute approximate surface area is 203 Å². The molecular formula is C25H27N3O6S. The van der Waals surface area contributed by atoms with Crippen LogP contribution in [0.1, 0.15) is 37.2 Å². The van der Waals surface area contributed by atoms with Crippen molar-refractivity contribution < 1.29 is 22.7 Å². The van der Waals surface area contributed by atoms with Gasteiger partial charge >= 0.3 is 5.97 Å². The predicted octanol–water partition coefficient (Wildman–Crippen LogP) is 2.36. The fourth-order valence-electron chi connectivity index (χ4n) is 4.36. The summed E-state index contributed by atoms with van der Waals surface area (Å²) in [5, 5.41) is 4.88. The van der Waals surface area contributed by atoms with Crippen LogP contribution in [0.2, 0.25) is 0 Å². The third-order valence-electron chi connectivity index (χ3n) is 6.28. The molecule has 35 heavy (non-hydrogen) atoms. The quantitative estimate of drug-likeness (QED) is 0.460. The highest BCUT2D eigenvalue weighted by molar-refractivity contribution is 7.91. The topological polar surface area (TPSA) is 116 Å². The fraction of sp³-hybridized carbons (Fsp3) is 0.360. The van der Waals surface area contributed by atoms with Crippen LogP contribution in [0, 0.1) is 0 Å².